The van der Waals surface area contributed by atoms with Gasteiger partial charge >= 0.3 is 0 Å². The van der Waals surface area contributed by atoms with E-state index in [0.29, 0.717) is 19.3 Å². The van der Waals surface area contributed by atoms with Crippen LogP contribution in [-0.4, -0.2) is 57.3 Å². The van der Waals surface area contributed by atoms with Gasteiger partial charge in [0.1, 0.15) is 12.2 Å². The van der Waals surface area contributed by atoms with E-state index in [1.165, 1.54) is 193 Å². The zero-order chi connectivity index (χ0) is 42.4. The predicted octanol–water partition coefficient (Wildman–Crippen LogP) is 14.3. The molecule has 58 heavy (non-hydrogen) atoms. The van der Waals surface area contributed by atoms with Gasteiger partial charge in [-0.3, -0.25) is 4.79 Å². The zero-order valence-corrected chi connectivity index (χ0v) is 38.8. The molecule has 0 heterocycles. The van der Waals surface area contributed by atoms with Crippen LogP contribution in [0.15, 0.2) is 24.3 Å². The van der Waals surface area contributed by atoms with Gasteiger partial charge in [0.2, 0.25) is 5.91 Å². The van der Waals surface area contributed by atoms with Crippen LogP contribution in [0.5, 0.6) is 0 Å². The average Bonchev–Trinajstić information content (AvgIpc) is 3.23. The number of carbonyl (C=O) groups is 1. The van der Waals surface area contributed by atoms with Crippen molar-refractivity contribution in [2.24, 2.45) is 0 Å². The summed E-state index contributed by atoms with van der Waals surface area (Å²) in [6.45, 7) is 4.00. The maximum atomic E-state index is 12.5. The molecule has 0 aromatic heterocycles. The molecule has 344 valence electrons. The van der Waals surface area contributed by atoms with E-state index in [4.69, 9.17) is 0 Å². The van der Waals surface area contributed by atoms with E-state index >= 15 is 0 Å². The summed E-state index contributed by atoms with van der Waals surface area (Å²) >= 11 is 0. The fraction of sp³-hybridized carbons (Fsp3) is 0.904. The third-order valence-corrected chi connectivity index (χ3v) is 12.1. The van der Waals surface area contributed by atoms with E-state index in [2.05, 4.69) is 43.5 Å². The Balaban J connectivity index is 3.54. The number of unbranched alkanes of at least 4 members (excludes halogenated alkanes) is 34. The third kappa shape index (κ3) is 40.2. The second-order valence-corrected chi connectivity index (χ2v) is 17.9. The number of amides is 1. The van der Waals surface area contributed by atoms with Crippen molar-refractivity contribution in [3.05, 3.63) is 24.3 Å². The van der Waals surface area contributed by atoms with Crippen molar-refractivity contribution >= 4 is 5.91 Å². The van der Waals surface area contributed by atoms with Gasteiger partial charge in [-0.2, -0.15) is 0 Å². The van der Waals surface area contributed by atoms with Gasteiger partial charge in [-0.25, -0.2) is 0 Å². The van der Waals surface area contributed by atoms with Crippen molar-refractivity contribution in [1.82, 2.24) is 5.32 Å². The van der Waals surface area contributed by atoms with Gasteiger partial charge in [-0.15, -0.1) is 0 Å². The summed E-state index contributed by atoms with van der Waals surface area (Å²) in [4.78, 5) is 12.5. The molecule has 0 bridgehead atoms. The largest absolute Gasteiger partial charge is 0.394 e. The summed E-state index contributed by atoms with van der Waals surface area (Å²) in [7, 11) is 0. The van der Waals surface area contributed by atoms with E-state index in [1.54, 1.807) is 0 Å². The highest BCUT2D eigenvalue weighted by molar-refractivity contribution is 5.80. The first-order chi connectivity index (χ1) is 28.5. The lowest BCUT2D eigenvalue weighted by Gasteiger charge is -2.27. The highest BCUT2D eigenvalue weighted by atomic mass is 16.3. The zero-order valence-electron chi connectivity index (χ0n) is 38.8. The van der Waals surface area contributed by atoms with Crippen LogP contribution in [-0.2, 0) is 4.79 Å². The number of rotatable bonds is 47. The van der Waals surface area contributed by atoms with Gasteiger partial charge < -0.3 is 25.7 Å². The van der Waals surface area contributed by atoms with Crippen LogP contribution in [0.25, 0.3) is 0 Å². The molecule has 0 saturated heterocycles. The van der Waals surface area contributed by atoms with Gasteiger partial charge in [0, 0.05) is 0 Å². The lowest BCUT2D eigenvalue weighted by molar-refractivity contribution is -0.132. The van der Waals surface area contributed by atoms with Crippen LogP contribution < -0.4 is 5.32 Å². The summed E-state index contributed by atoms with van der Waals surface area (Å²) in [5.74, 6) is -0.595. The standard InChI is InChI=1S/C52H101NO5/c1-3-5-7-9-11-13-15-16-17-18-19-20-21-22-23-24-25-26-27-28-29-30-31-32-33-34-36-38-40-42-44-46-50(56)52(58)53-48(47-54)51(57)49(55)45-43-41-39-37-35-14-12-10-8-6-4-2/h10,12,37,39,48-51,54-57H,3-9,11,13-36,38,40-47H2,1-2H3,(H,53,58)/b12-10+,39-37+. The Bertz CT molecular complexity index is 878. The number of nitrogens with one attached hydrogen (secondary N) is 1. The SMILES string of the molecule is CCCC/C=C/CC/C=C/CCCC(O)C(O)C(CO)NC(=O)C(O)CCCCCCCCCCCCCCCCCCCCCCCCCCCCCCCCC. The molecule has 0 aliphatic heterocycles. The lowest BCUT2D eigenvalue weighted by atomic mass is 10.00. The highest BCUT2D eigenvalue weighted by Gasteiger charge is 2.28. The molecule has 5 N–H and O–H groups in total. The van der Waals surface area contributed by atoms with E-state index in [0.717, 1.165) is 44.9 Å². The molecule has 0 saturated carbocycles. The van der Waals surface area contributed by atoms with Crippen molar-refractivity contribution in [3.8, 4) is 0 Å². The average molecular weight is 820 g/mol. The van der Waals surface area contributed by atoms with Crippen LogP contribution in [0.1, 0.15) is 271 Å². The quantitative estimate of drug-likeness (QED) is 0.0310. The molecule has 4 atom stereocenters. The second kappa shape index (κ2) is 46.8. The van der Waals surface area contributed by atoms with Gasteiger partial charge in [-0.1, -0.05) is 250 Å². The Morgan fingerprint density at radius 2 is 0.724 bits per heavy atom. The van der Waals surface area contributed by atoms with Crippen molar-refractivity contribution in [3.63, 3.8) is 0 Å². The number of aliphatic hydroxyl groups is 4. The van der Waals surface area contributed by atoms with E-state index < -0.39 is 36.9 Å². The minimum Gasteiger partial charge on any atom is -0.394 e. The fourth-order valence-corrected chi connectivity index (χ4v) is 8.06. The molecule has 1 amide bonds. The lowest BCUT2D eigenvalue weighted by Crippen LogP contribution is -2.53. The second-order valence-electron chi connectivity index (χ2n) is 17.9. The van der Waals surface area contributed by atoms with Crippen LogP contribution in [0.4, 0.5) is 0 Å². The molecule has 0 rings (SSSR count). The smallest absolute Gasteiger partial charge is 0.249 e. The molecule has 0 aliphatic carbocycles. The Morgan fingerprint density at radius 1 is 0.414 bits per heavy atom. The number of allylic oxidation sites excluding steroid dienone is 4. The van der Waals surface area contributed by atoms with Crippen LogP contribution >= 0.6 is 0 Å². The minimum absolute atomic E-state index is 0.364. The summed E-state index contributed by atoms with van der Waals surface area (Å²) in [6, 6.07) is -1.00. The van der Waals surface area contributed by atoms with Gasteiger partial charge in [0.05, 0.1) is 18.8 Å². The summed E-state index contributed by atoms with van der Waals surface area (Å²) in [5.41, 5.74) is 0. The number of aliphatic hydroxyl groups excluding tert-OH is 4. The van der Waals surface area contributed by atoms with E-state index in [1.807, 2.05) is 0 Å². The summed E-state index contributed by atoms with van der Waals surface area (Å²) < 4.78 is 0. The Labute approximate surface area is 361 Å². The van der Waals surface area contributed by atoms with Gasteiger partial charge in [-0.05, 0) is 44.9 Å². The molecule has 0 aromatic rings. The maximum Gasteiger partial charge on any atom is 0.249 e. The first kappa shape index (κ1) is 56.8. The van der Waals surface area contributed by atoms with E-state index in [-0.39, 0.29) is 0 Å². The Morgan fingerprint density at radius 3 is 1.07 bits per heavy atom. The summed E-state index contributed by atoms with van der Waals surface area (Å²) in [5, 5.41) is 43.6. The van der Waals surface area contributed by atoms with Crippen LogP contribution in [0.2, 0.25) is 0 Å². The topological polar surface area (TPSA) is 110 Å². The van der Waals surface area contributed by atoms with Crippen molar-refractivity contribution in [2.45, 2.75) is 295 Å². The Kier molecular flexibility index (Phi) is 45.9. The minimum atomic E-state index is -1.29. The molecular weight excluding hydrogens is 719 g/mol. The molecule has 6 nitrogen and oxygen atoms in total. The summed E-state index contributed by atoms with van der Waals surface area (Å²) in [6.07, 6.45) is 55.5. The van der Waals surface area contributed by atoms with Crippen LogP contribution in [0.3, 0.4) is 0 Å². The number of carbonyl (C=O) groups excluding carboxylic acids is 1. The molecule has 0 aromatic carbocycles. The van der Waals surface area contributed by atoms with Gasteiger partial charge in [0.25, 0.3) is 0 Å². The highest BCUT2D eigenvalue weighted by Crippen LogP contribution is 2.18. The molecular formula is C52H101NO5. The monoisotopic (exact) mass is 820 g/mol. The molecule has 6 heteroatoms. The molecule has 0 spiro atoms. The van der Waals surface area contributed by atoms with Crippen molar-refractivity contribution < 1.29 is 25.2 Å². The maximum absolute atomic E-state index is 12.5. The normalized spacial score (nSPS) is 14.1. The Hall–Kier alpha value is -1.21. The number of hydrogen-bond donors (Lipinski definition) is 5. The first-order valence-electron chi connectivity index (χ1n) is 25.7. The van der Waals surface area contributed by atoms with E-state index in [9.17, 15) is 25.2 Å². The predicted molar refractivity (Wildman–Crippen MR) is 251 cm³/mol. The molecule has 4 unspecified atom stereocenters. The molecule has 0 radical (unpaired) electrons. The fourth-order valence-electron chi connectivity index (χ4n) is 8.06. The van der Waals surface area contributed by atoms with Crippen LogP contribution in [0, 0.1) is 0 Å². The van der Waals surface area contributed by atoms with Crippen molar-refractivity contribution in [2.75, 3.05) is 6.61 Å². The number of hydrogen-bond acceptors (Lipinski definition) is 5. The van der Waals surface area contributed by atoms with Crippen molar-refractivity contribution in [1.29, 1.82) is 0 Å². The third-order valence-electron chi connectivity index (χ3n) is 12.1. The van der Waals surface area contributed by atoms with Gasteiger partial charge in [0.15, 0.2) is 0 Å². The molecule has 0 fully saturated rings. The molecule has 0 aliphatic rings. The first-order valence-corrected chi connectivity index (χ1v) is 25.7.